The Balaban J connectivity index is 2.46. The van der Waals surface area contributed by atoms with Gasteiger partial charge in [0.05, 0.1) is 0 Å². The van der Waals surface area contributed by atoms with Gasteiger partial charge in [-0.15, -0.1) is 0 Å². The van der Waals surface area contributed by atoms with E-state index in [1.54, 1.807) is 7.11 Å². The molecule has 0 radical (unpaired) electrons. The van der Waals surface area contributed by atoms with Crippen molar-refractivity contribution in [1.29, 1.82) is 0 Å². The molecule has 3 nitrogen and oxygen atoms in total. The highest BCUT2D eigenvalue weighted by atomic mass is 16.5. The van der Waals surface area contributed by atoms with Crippen LogP contribution < -0.4 is 10.9 Å². The second kappa shape index (κ2) is 2.15. The first-order valence-corrected chi connectivity index (χ1v) is 2.55. The summed E-state index contributed by atoms with van der Waals surface area (Å²) in [5.41, 5.74) is 6.90. The lowest BCUT2D eigenvalue weighted by Gasteiger charge is -2.07. The molecule has 0 aromatic carbocycles. The maximum absolute atomic E-state index is 4.98. The van der Waals surface area contributed by atoms with Crippen LogP contribution in [0.15, 0.2) is 11.8 Å². The molecule has 1 aliphatic heterocycles. The second-order valence-corrected chi connectivity index (χ2v) is 1.79. The van der Waals surface area contributed by atoms with Gasteiger partial charge in [-0.1, -0.05) is 0 Å². The maximum Gasteiger partial charge on any atom is 0.147 e. The molecular formula is C5H10N2O. The van der Waals surface area contributed by atoms with Crippen molar-refractivity contribution < 1.29 is 4.74 Å². The summed E-state index contributed by atoms with van der Waals surface area (Å²) in [4.78, 5) is 0. The molecule has 1 unspecified atom stereocenters. The number of hydrazine groups is 1. The van der Waals surface area contributed by atoms with Crippen molar-refractivity contribution in [3.63, 3.8) is 0 Å². The zero-order chi connectivity index (χ0) is 5.98. The van der Waals surface area contributed by atoms with E-state index in [-0.39, 0.29) is 6.23 Å². The number of rotatable bonds is 1. The van der Waals surface area contributed by atoms with Gasteiger partial charge in [-0.3, -0.25) is 0 Å². The molecule has 3 heteroatoms. The highest BCUT2D eigenvalue weighted by Crippen LogP contribution is 2.02. The third-order valence-corrected chi connectivity index (χ3v) is 1.16. The quantitative estimate of drug-likeness (QED) is 0.502. The molecule has 0 aliphatic carbocycles. The van der Waals surface area contributed by atoms with Gasteiger partial charge in [-0.05, 0) is 12.5 Å². The van der Waals surface area contributed by atoms with E-state index in [9.17, 15) is 0 Å². The Bertz CT molecular complexity index is 111. The molecule has 0 fully saturated rings. The Morgan fingerprint density at radius 1 is 1.75 bits per heavy atom. The van der Waals surface area contributed by atoms with Gasteiger partial charge in [-0.2, -0.15) is 0 Å². The summed E-state index contributed by atoms with van der Waals surface area (Å²) in [5.74, 6) is 0. The smallest absolute Gasteiger partial charge is 0.147 e. The Morgan fingerprint density at radius 2 is 2.50 bits per heavy atom. The largest absolute Gasteiger partial charge is 0.361 e. The normalized spacial score (nSPS) is 27.2. The first-order valence-electron chi connectivity index (χ1n) is 2.55. The maximum atomic E-state index is 4.98. The van der Waals surface area contributed by atoms with Crippen LogP contribution >= 0.6 is 0 Å². The van der Waals surface area contributed by atoms with E-state index in [2.05, 4.69) is 10.9 Å². The molecule has 0 aromatic rings. The van der Waals surface area contributed by atoms with Crippen molar-refractivity contribution in [2.45, 2.75) is 13.2 Å². The highest BCUT2D eigenvalue weighted by molar-refractivity contribution is 5.06. The van der Waals surface area contributed by atoms with E-state index in [1.807, 2.05) is 13.1 Å². The van der Waals surface area contributed by atoms with E-state index in [1.165, 1.54) is 5.57 Å². The van der Waals surface area contributed by atoms with Crippen LogP contribution in [0.4, 0.5) is 0 Å². The molecule has 0 aromatic heterocycles. The Morgan fingerprint density at radius 3 is 2.75 bits per heavy atom. The average Bonchev–Trinajstić information content (AvgIpc) is 2.14. The molecule has 1 atom stereocenters. The highest BCUT2D eigenvalue weighted by Gasteiger charge is 2.11. The average molecular weight is 114 g/mol. The fourth-order valence-electron chi connectivity index (χ4n) is 0.666. The second-order valence-electron chi connectivity index (χ2n) is 1.79. The Labute approximate surface area is 48.7 Å². The van der Waals surface area contributed by atoms with Crippen LogP contribution in [-0.2, 0) is 4.74 Å². The summed E-state index contributed by atoms with van der Waals surface area (Å²) in [5, 5.41) is 0. The van der Waals surface area contributed by atoms with Crippen LogP contribution in [-0.4, -0.2) is 13.3 Å². The van der Waals surface area contributed by atoms with Gasteiger partial charge in [0, 0.05) is 13.3 Å². The first-order chi connectivity index (χ1) is 3.84. The molecule has 2 N–H and O–H groups in total. The zero-order valence-corrected chi connectivity index (χ0v) is 5.06. The van der Waals surface area contributed by atoms with Crippen LogP contribution in [0.2, 0.25) is 0 Å². The fraction of sp³-hybridized carbons (Fsp3) is 0.600. The summed E-state index contributed by atoms with van der Waals surface area (Å²) >= 11 is 0. The predicted octanol–water partition coefficient (Wildman–Crippen LogP) is -0.0295. The molecule has 1 aliphatic rings. The van der Waals surface area contributed by atoms with Crippen molar-refractivity contribution in [2.24, 2.45) is 0 Å². The summed E-state index contributed by atoms with van der Waals surface area (Å²) in [6.07, 6.45) is 1.95. The SMILES string of the molecule is COC1NNC=C1C. The van der Waals surface area contributed by atoms with Gasteiger partial charge in [0.2, 0.25) is 0 Å². The monoisotopic (exact) mass is 114 g/mol. The molecule has 0 amide bonds. The zero-order valence-electron chi connectivity index (χ0n) is 5.06. The molecule has 0 saturated carbocycles. The van der Waals surface area contributed by atoms with E-state index >= 15 is 0 Å². The van der Waals surface area contributed by atoms with Crippen LogP contribution in [0.3, 0.4) is 0 Å². The minimum absolute atomic E-state index is 0.0648. The van der Waals surface area contributed by atoms with Gasteiger partial charge in [0.15, 0.2) is 0 Å². The van der Waals surface area contributed by atoms with Gasteiger partial charge >= 0.3 is 0 Å². The van der Waals surface area contributed by atoms with Gasteiger partial charge < -0.3 is 10.2 Å². The third kappa shape index (κ3) is 0.827. The van der Waals surface area contributed by atoms with E-state index in [4.69, 9.17) is 4.74 Å². The van der Waals surface area contributed by atoms with Crippen LogP contribution in [0.1, 0.15) is 6.92 Å². The van der Waals surface area contributed by atoms with E-state index < -0.39 is 0 Å². The van der Waals surface area contributed by atoms with Crippen molar-refractivity contribution in [3.8, 4) is 0 Å². The fourth-order valence-corrected chi connectivity index (χ4v) is 0.666. The molecule has 0 bridgehead atoms. The predicted molar refractivity (Wildman–Crippen MR) is 30.8 cm³/mol. The summed E-state index contributed by atoms with van der Waals surface area (Å²) in [6.45, 7) is 2.00. The molecule has 1 rings (SSSR count). The number of ether oxygens (including phenoxy) is 1. The van der Waals surface area contributed by atoms with Crippen molar-refractivity contribution >= 4 is 0 Å². The lowest BCUT2D eigenvalue weighted by molar-refractivity contribution is 0.105. The molecule has 8 heavy (non-hydrogen) atoms. The number of hydrogen-bond donors (Lipinski definition) is 2. The standard InChI is InChI=1S/C5H10N2O/c1-4-3-6-7-5(4)8-2/h3,5-7H,1-2H3. The van der Waals surface area contributed by atoms with E-state index in [0.29, 0.717) is 0 Å². The Hall–Kier alpha value is -0.540. The summed E-state index contributed by atoms with van der Waals surface area (Å²) < 4.78 is 4.98. The number of nitrogens with one attached hydrogen (secondary N) is 2. The molecule has 0 saturated heterocycles. The topological polar surface area (TPSA) is 33.3 Å². The first kappa shape index (κ1) is 5.59. The minimum Gasteiger partial charge on any atom is -0.361 e. The lowest BCUT2D eigenvalue weighted by atomic mass is 10.3. The summed E-state index contributed by atoms with van der Waals surface area (Å²) in [6, 6.07) is 0. The van der Waals surface area contributed by atoms with Crippen molar-refractivity contribution in [3.05, 3.63) is 11.8 Å². The number of methoxy groups -OCH3 is 1. The molecular weight excluding hydrogens is 104 g/mol. The van der Waals surface area contributed by atoms with Crippen LogP contribution in [0.25, 0.3) is 0 Å². The van der Waals surface area contributed by atoms with Crippen molar-refractivity contribution in [2.75, 3.05) is 7.11 Å². The molecule has 46 valence electrons. The van der Waals surface area contributed by atoms with Crippen LogP contribution in [0.5, 0.6) is 0 Å². The van der Waals surface area contributed by atoms with E-state index in [0.717, 1.165) is 0 Å². The van der Waals surface area contributed by atoms with Crippen molar-refractivity contribution in [1.82, 2.24) is 10.9 Å². The lowest BCUT2D eigenvalue weighted by Crippen LogP contribution is -2.32. The van der Waals surface area contributed by atoms with Gasteiger partial charge in [0.1, 0.15) is 6.23 Å². The van der Waals surface area contributed by atoms with Gasteiger partial charge in [0.25, 0.3) is 0 Å². The van der Waals surface area contributed by atoms with Crippen LogP contribution in [0, 0.1) is 0 Å². The minimum atomic E-state index is 0.0648. The molecule has 0 spiro atoms. The molecule has 1 heterocycles. The third-order valence-electron chi connectivity index (χ3n) is 1.16. The summed E-state index contributed by atoms with van der Waals surface area (Å²) in [7, 11) is 1.67. The number of hydrogen-bond acceptors (Lipinski definition) is 3. The van der Waals surface area contributed by atoms with Gasteiger partial charge in [-0.25, -0.2) is 5.43 Å². The Kier molecular flexibility index (Phi) is 1.50.